The molecule has 0 amide bonds. The van der Waals surface area contributed by atoms with Crippen LogP contribution in [0.4, 0.5) is 0 Å². The first-order valence-corrected chi connectivity index (χ1v) is 13.3. The number of methoxy groups -OCH3 is 1. The Morgan fingerprint density at radius 2 is 1.97 bits per heavy atom. The Bertz CT molecular complexity index is 770. The molecule has 1 aliphatic heterocycles. The van der Waals surface area contributed by atoms with Crippen LogP contribution in [0.3, 0.4) is 0 Å². The van der Waals surface area contributed by atoms with Crippen LogP contribution in [0.2, 0.25) is 0 Å². The molecule has 3 N–H and O–H groups in total. The summed E-state index contributed by atoms with van der Waals surface area (Å²) in [5, 5.41) is 15.0. The third-order valence-electron chi connectivity index (χ3n) is 7.35. The molecule has 1 aromatic rings. The summed E-state index contributed by atoms with van der Waals surface area (Å²) in [5.74, 6) is 1.47. The highest BCUT2D eigenvalue weighted by molar-refractivity contribution is 5.19. The van der Waals surface area contributed by atoms with Crippen LogP contribution in [0.1, 0.15) is 69.5 Å². The number of rotatable bonds is 14. The Balaban J connectivity index is 1.70. The zero-order valence-electron chi connectivity index (χ0n) is 21.3. The van der Waals surface area contributed by atoms with E-state index >= 15 is 0 Å². The van der Waals surface area contributed by atoms with Gasteiger partial charge in [0.05, 0.1) is 11.0 Å². The smallest absolute Gasteiger partial charge is 0.274 e. The standard InChI is InChI=1S/C27H44N4O4/c1-34-16-9-17-35-27(23-12-6-3-7-13-23)24-14-8-15-30(20-24)26(21-31(32)33)29-25(19-28)18-22-10-4-2-5-11-22/h3,6-7,12-13,21-22,24-25,27,29H,2,4-5,8-11,14-20,28H2,1H3. The second-order valence-electron chi connectivity index (χ2n) is 10.0. The van der Waals surface area contributed by atoms with Crippen LogP contribution in [-0.2, 0) is 9.47 Å². The lowest BCUT2D eigenvalue weighted by Crippen LogP contribution is -2.46. The number of likely N-dealkylation sites (tertiary alicyclic amines) is 1. The Kier molecular flexibility index (Phi) is 11.8. The maximum absolute atomic E-state index is 11.5. The van der Waals surface area contributed by atoms with Crippen molar-refractivity contribution in [3.05, 3.63) is 58.0 Å². The Morgan fingerprint density at radius 1 is 1.20 bits per heavy atom. The maximum Gasteiger partial charge on any atom is 0.274 e. The topological polar surface area (TPSA) is 103 Å². The van der Waals surface area contributed by atoms with Gasteiger partial charge in [-0.3, -0.25) is 10.1 Å². The van der Waals surface area contributed by atoms with E-state index in [9.17, 15) is 10.1 Å². The van der Waals surface area contributed by atoms with Gasteiger partial charge < -0.3 is 25.4 Å². The average Bonchev–Trinajstić information content (AvgIpc) is 2.89. The van der Waals surface area contributed by atoms with Gasteiger partial charge in [0.1, 0.15) is 0 Å². The second-order valence-corrected chi connectivity index (χ2v) is 10.0. The molecular weight excluding hydrogens is 444 g/mol. The Labute approximate surface area is 210 Å². The first-order chi connectivity index (χ1) is 17.1. The van der Waals surface area contributed by atoms with Gasteiger partial charge in [0, 0.05) is 51.9 Å². The molecule has 1 aliphatic carbocycles. The predicted octanol–water partition coefficient (Wildman–Crippen LogP) is 4.46. The molecule has 0 radical (unpaired) electrons. The molecule has 1 heterocycles. The number of benzene rings is 1. The van der Waals surface area contributed by atoms with E-state index in [0.29, 0.717) is 38.0 Å². The summed E-state index contributed by atoms with van der Waals surface area (Å²) in [4.78, 5) is 13.3. The number of piperidine rings is 1. The first-order valence-electron chi connectivity index (χ1n) is 13.3. The number of hydrogen-bond acceptors (Lipinski definition) is 7. The van der Waals surface area contributed by atoms with Crippen molar-refractivity contribution in [1.82, 2.24) is 10.2 Å². The minimum atomic E-state index is -0.351. The third-order valence-corrected chi connectivity index (χ3v) is 7.35. The third kappa shape index (κ3) is 9.09. The van der Waals surface area contributed by atoms with Crippen LogP contribution in [0.15, 0.2) is 42.4 Å². The van der Waals surface area contributed by atoms with Gasteiger partial charge in [0.15, 0.2) is 5.82 Å². The van der Waals surface area contributed by atoms with Gasteiger partial charge >= 0.3 is 0 Å². The number of ether oxygens (including phenoxy) is 2. The summed E-state index contributed by atoms with van der Waals surface area (Å²) in [6, 6.07) is 10.4. The van der Waals surface area contributed by atoms with Crippen LogP contribution >= 0.6 is 0 Å². The lowest BCUT2D eigenvalue weighted by atomic mass is 9.85. The predicted molar refractivity (Wildman–Crippen MR) is 138 cm³/mol. The molecule has 1 aromatic carbocycles. The quantitative estimate of drug-likeness (QED) is 0.226. The SMILES string of the molecule is COCCCOC(c1ccccc1)C1CCCN(C(=C[N+](=O)[O-])NC(CN)CC2CCCCC2)C1. The van der Waals surface area contributed by atoms with Crippen LogP contribution in [0, 0.1) is 22.0 Å². The highest BCUT2D eigenvalue weighted by Gasteiger charge is 2.31. The van der Waals surface area contributed by atoms with Crippen molar-refractivity contribution in [2.45, 2.75) is 69.9 Å². The minimum absolute atomic E-state index is 0.0416. The molecule has 0 bridgehead atoms. The van der Waals surface area contributed by atoms with E-state index in [0.717, 1.165) is 44.0 Å². The fourth-order valence-electron chi connectivity index (χ4n) is 5.60. The average molecular weight is 489 g/mol. The lowest BCUT2D eigenvalue weighted by Gasteiger charge is -2.39. The van der Waals surface area contributed by atoms with Crippen molar-refractivity contribution < 1.29 is 14.4 Å². The molecule has 2 aliphatic rings. The lowest BCUT2D eigenvalue weighted by molar-refractivity contribution is -0.404. The molecule has 196 valence electrons. The zero-order chi connectivity index (χ0) is 24.9. The fourth-order valence-corrected chi connectivity index (χ4v) is 5.60. The van der Waals surface area contributed by atoms with Gasteiger partial charge in [-0.25, -0.2) is 0 Å². The number of nitrogens with two attached hydrogens (primary N) is 1. The van der Waals surface area contributed by atoms with Crippen LogP contribution < -0.4 is 11.1 Å². The molecule has 1 saturated heterocycles. The molecule has 3 unspecified atom stereocenters. The fraction of sp³-hybridized carbons (Fsp3) is 0.704. The van der Waals surface area contributed by atoms with E-state index in [1.807, 2.05) is 18.2 Å². The molecule has 2 fully saturated rings. The molecular formula is C27H44N4O4. The molecule has 3 rings (SSSR count). The van der Waals surface area contributed by atoms with E-state index in [2.05, 4.69) is 22.3 Å². The number of hydrogen-bond donors (Lipinski definition) is 2. The summed E-state index contributed by atoms with van der Waals surface area (Å²) >= 11 is 0. The van der Waals surface area contributed by atoms with E-state index < -0.39 is 0 Å². The van der Waals surface area contributed by atoms with Gasteiger partial charge in [0.2, 0.25) is 0 Å². The zero-order valence-corrected chi connectivity index (χ0v) is 21.3. The van der Waals surface area contributed by atoms with Crippen molar-refractivity contribution in [3.8, 4) is 0 Å². The Hall–Kier alpha value is -2.16. The van der Waals surface area contributed by atoms with Crippen molar-refractivity contribution in [1.29, 1.82) is 0 Å². The molecule has 0 aromatic heterocycles. The number of nitrogens with one attached hydrogen (secondary N) is 1. The summed E-state index contributed by atoms with van der Waals surface area (Å²) in [5.41, 5.74) is 7.28. The van der Waals surface area contributed by atoms with Gasteiger partial charge in [-0.2, -0.15) is 0 Å². The first kappa shape index (κ1) is 27.4. The van der Waals surface area contributed by atoms with Crippen molar-refractivity contribution in [2.75, 3.05) is 40.0 Å². The summed E-state index contributed by atoms with van der Waals surface area (Å²) in [7, 11) is 1.70. The number of nitro groups is 1. The van der Waals surface area contributed by atoms with Gasteiger partial charge in [-0.1, -0.05) is 62.4 Å². The van der Waals surface area contributed by atoms with Crippen molar-refractivity contribution in [2.24, 2.45) is 17.6 Å². The highest BCUT2D eigenvalue weighted by Crippen LogP contribution is 2.34. The van der Waals surface area contributed by atoms with Crippen molar-refractivity contribution >= 4 is 0 Å². The number of nitrogens with zero attached hydrogens (tertiary/aromatic N) is 2. The summed E-state index contributed by atoms with van der Waals surface area (Å²) < 4.78 is 11.6. The van der Waals surface area contributed by atoms with Crippen LogP contribution in [0.25, 0.3) is 0 Å². The molecule has 35 heavy (non-hydrogen) atoms. The normalized spacial score (nSPS) is 21.5. The molecule has 1 saturated carbocycles. The highest BCUT2D eigenvalue weighted by atomic mass is 16.6. The van der Waals surface area contributed by atoms with Crippen LogP contribution in [0.5, 0.6) is 0 Å². The van der Waals surface area contributed by atoms with Crippen molar-refractivity contribution in [3.63, 3.8) is 0 Å². The summed E-state index contributed by atoms with van der Waals surface area (Å²) in [6.45, 7) is 3.25. The molecule has 0 spiro atoms. The van der Waals surface area contributed by atoms with Gasteiger partial charge in [-0.15, -0.1) is 0 Å². The largest absolute Gasteiger partial charge is 0.385 e. The van der Waals surface area contributed by atoms with E-state index in [1.54, 1.807) is 7.11 Å². The minimum Gasteiger partial charge on any atom is -0.385 e. The van der Waals surface area contributed by atoms with Crippen LogP contribution in [-0.4, -0.2) is 55.8 Å². The molecule has 3 atom stereocenters. The Morgan fingerprint density at radius 3 is 2.66 bits per heavy atom. The molecule has 8 nitrogen and oxygen atoms in total. The maximum atomic E-state index is 11.5. The van der Waals surface area contributed by atoms with Gasteiger partial charge in [-0.05, 0) is 37.2 Å². The second kappa shape index (κ2) is 15.1. The molecule has 8 heteroatoms. The monoisotopic (exact) mass is 488 g/mol. The van der Waals surface area contributed by atoms with E-state index in [4.69, 9.17) is 15.2 Å². The van der Waals surface area contributed by atoms with Gasteiger partial charge in [0.25, 0.3) is 6.20 Å². The summed E-state index contributed by atoms with van der Waals surface area (Å²) in [6.07, 6.45) is 11.2. The van der Waals surface area contributed by atoms with E-state index in [1.165, 1.54) is 32.1 Å². The van der Waals surface area contributed by atoms with E-state index in [-0.39, 0.29) is 23.0 Å².